The third-order valence-corrected chi connectivity index (χ3v) is 5.56. The lowest BCUT2D eigenvalue weighted by Gasteiger charge is -2.59. The summed E-state index contributed by atoms with van der Waals surface area (Å²) in [7, 11) is 0. The molecule has 0 amide bonds. The lowest BCUT2D eigenvalue weighted by atomic mass is 9.46. The quantitative estimate of drug-likeness (QED) is 0.754. The number of hydrogen-bond acceptors (Lipinski definition) is 3. The first kappa shape index (κ1) is 14.0. The fraction of sp³-hybridized carbons (Fsp3) is 0.933. The number of fused-ring (bicyclic) bond motifs is 1. The van der Waals surface area contributed by atoms with Gasteiger partial charge in [0.05, 0.1) is 12.2 Å². The maximum atomic E-state index is 12.0. The van der Waals surface area contributed by atoms with Crippen LogP contribution in [0.5, 0.6) is 0 Å². The van der Waals surface area contributed by atoms with Gasteiger partial charge in [0, 0.05) is 12.3 Å². The van der Waals surface area contributed by atoms with Crippen LogP contribution < -0.4 is 0 Å². The topological polar surface area (TPSA) is 57.5 Å². The van der Waals surface area contributed by atoms with Crippen LogP contribution in [0.25, 0.3) is 0 Å². The normalized spacial score (nSPS) is 47.4. The standard InChI is InChI=1S/C15H26O3/c1-9(16)12-10(17)8-11(18)15(4)7-5-6-14(2,3)13(12)15/h10-13,17-18H,5-8H2,1-4H3. The monoisotopic (exact) mass is 254 g/mol. The Hall–Kier alpha value is -0.410. The molecule has 0 bridgehead atoms. The van der Waals surface area contributed by atoms with E-state index in [4.69, 9.17) is 0 Å². The highest BCUT2D eigenvalue weighted by Crippen LogP contribution is 2.59. The van der Waals surface area contributed by atoms with Gasteiger partial charge in [-0.3, -0.25) is 4.79 Å². The van der Waals surface area contributed by atoms with E-state index < -0.39 is 12.2 Å². The van der Waals surface area contributed by atoms with Crippen LogP contribution in [0.3, 0.4) is 0 Å². The third-order valence-electron chi connectivity index (χ3n) is 5.56. The summed E-state index contributed by atoms with van der Waals surface area (Å²) in [6.07, 6.45) is 2.28. The highest BCUT2D eigenvalue weighted by molar-refractivity contribution is 5.79. The SMILES string of the molecule is CC(=O)C1C(O)CC(O)C2(C)CCCC(C)(C)C12. The number of Topliss-reactive ketones (excluding diaryl/α,β-unsaturated/α-hetero) is 1. The number of carbonyl (C=O) groups is 1. The summed E-state index contributed by atoms with van der Waals surface area (Å²) in [4.78, 5) is 12.0. The molecule has 3 heteroatoms. The van der Waals surface area contributed by atoms with Gasteiger partial charge in [-0.05, 0) is 36.5 Å². The van der Waals surface area contributed by atoms with Crippen molar-refractivity contribution in [3.8, 4) is 0 Å². The number of rotatable bonds is 1. The predicted octanol–water partition coefficient (Wildman–Crippen LogP) is 2.15. The van der Waals surface area contributed by atoms with Gasteiger partial charge in [0.25, 0.3) is 0 Å². The van der Waals surface area contributed by atoms with Crippen LogP contribution in [0.4, 0.5) is 0 Å². The smallest absolute Gasteiger partial charge is 0.135 e. The Balaban J connectivity index is 2.47. The van der Waals surface area contributed by atoms with E-state index in [0.717, 1.165) is 19.3 Å². The summed E-state index contributed by atoms with van der Waals surface area (Å²) in [5, 5.41) is 20.6. The molecule has 2 rings (SSSR count). The fourth-order valence-electron chi connectivity index (χ4n) is 4.77. The predicted molar refractivity (Wildman–Crippen MR) is 70.0 cm³/mol. The van der Waals surface area contributed by atoms with E-state index in [9.17, 15) is 15.0 Å². The number of carbonyl (C=O) groups excluding carboxylic acids is 1. The molecule has 0 radical (unpaired) electrons. The molecule has 18 heavy (non-hydrogen) atoms. The Kier molecular flexibility index (Phi) is 3.35. The van der Waals surface area contributed by atoms with Gasteiger partial charge in [0.1, 0.15) is 5.78 Å². The molecule has 0 aromatic carbocycles. The lowest BCUT2D eigenvalue weighted by molar-refractivity contribution is -0.183. The summed E-state index contributed by atoms with van der Waals surface area (Å²) < 4.78 is 0. The molecule has 3 nitrogen and oxygen atoms in total. The minimum atomic E-state index is -0.687. The van der Waals surface area contributed by atoms with Crippen molar-refractivity contribution in [1.29, 1.82) is 0 Å². The van der Waals surface area contributed by atoms with E-state index in [1.54, 1.807) is 6.92 Å². The Labute approximate surface area is 110 Å². The summed E-state index contributed by atoms with van der Waals surface area (Å²) >= 11 is 0. The van der Waals surface area contributed by atoms with Crippen LogP contribution in [0.2, 0.25) is 0 Å². The Bertz CT molecular complexity index is 350. The Morgan fingerprint density at radius 1 is 1.17 bits per heavy atom. The van der Waals surface area contributed by atoms with Crippen molar-refractivity contribution >= 4 is 5.78 Å². The van der Waals surface area contributed by atoms with Gasteiger partial charge in [0.2, 0.25) is 0 Å². The summed E-state index contributed by atoms with van der Waals surface area (Å²) in [5.74, 6) is -0.163. The van der Waals surface area contributed by atoms with Gasteiger partial charge in [-0.2, -0.15) is 0 Å². The average Bonchev–Trinajstić information content (AvgIpc) is 2.20. The fourth-order valence-corrected chi connectivity index (χ4v) is 4.77. The molecule has 0 aliphatic heterocycles. The number of aliphatic hydroxyl groups excluding tert-OH is 2. The first-order valence-corrected chi connectivity index (χ1v) is 7.07. The second kappa shape index (κ2) is 4.31. The van der Waals surface area contributed by atoms with E-state index in [-0.39, 0.29) is 28.4 Å². The van der Waals surface area contributed by atoms with Crippen LogP contribution >= 0.6 is 0 Å². The molecule has 2 aliphatic rings. The molecule has 2 N–H and O–H groups in total. The largest absolute Gasteiger partial charge is 0.392 e. The minimum Gasteiger partial charge on any atom is -0.392 e. The second-order valence-electron chi connectivity index (χ2n) is 7.28. The lowest BCUT2D eigenvalue weighted by Crippen LogP contribution is -2.60. The highest BCUT2D eigenvalue weighted by atomic mass is 16.3. The molecule has 2 aliphatic carbocycles. The number of aliphatic hydroxyl groups is 2. The van der Waals surface area contributed by atoms with Crippen molar-refractivity contribution in [2.45, 2.75) is 65.6 Å². The van der Waals surface area contributed by atoms with Crippen LogP contribution in [0, 0.1) is 22.7 Å². The summed E-state index contributed by atoms with van der Waals surface area (Å²) in [5.41, 5.74) is -0.219. The second-order valence-corrected chi connectivity index (χ2v) is 7.28. The van der Waals surface area contributed by atoms with Crippen LogP contribution in [-0.2, 0) is 4.79 Å². The Morgan fingerprint density at radius 2 is 1.78 bits per heavy atom. The van der Waals surface area contributed by atoms with Crippen molar-refractivity contribution in [1.82, 2.24) is 0 Å². The maximum absolute atomic E-state index is 12.0. The maximum Gasteiger partial charge on any atom is 0.135 e. The van der Waals surface area contributed by atoms with Crippen molar-refractivity contribution in [2.24, 2.45) is 22.7 Å². The molecule has 0 saturated heterocycles. The van der Waals surface area contributed by atoms with Crippen molar-refractivity contribution in [3.63, 3.8) is 0 Å². The zero-order valence-corrected chi connectivity index (χ0v) is 11.9. The van der Waals surface area contributed by atoms with Crippen LogP contribution in [0.15, 0.2) is 0 Å². The van der Waals surface area contributed by atoms with Crippen molar-refractivity contribution in [2.75, 3.05) is 0 Å². The zero-order valence-electron chi connectivity index (χ0n) is 11.9. The Morgan fingerprint density at radius 3 is 2.33 bits per heavy atom. The summed E-state index contributed by atoms with van der Waals surface area (Å²) in [6, 6.07) is 0. The molecule has 0 spiro atoms. The third kappa shape index (κ3) is 1.92. The van der Waals surface area contributed by atoms with E-state index in [2.05, 4.69) is 20.8 Å². The molecule has 0 heterocycles. The van der Waals surface area contributed by atoms with Gasteiger partial charge >= 0.3 is 0 Å². The summed E-state index contributed by atoms with van der Waals surface area (Å²) in [6.45, 7) is 8.04. The number of hydrogen-bond donors (Lipinski definition) is 2. The van der Waals surface area contributed by atoms with Gasteiger partial charge < -0.3 is 10.2 Å². The van der Waals surface area contributed by atoms with Crippen molar-refractivity contribution in [3.05, 3.63) is 0 Å². The van der Waals surface area contributed by atoms with E-state index in [0.29, 0.717) is 6.42 Å². The molecule has 0 aromatic heterocycles. The van der Waals surface area contributed by atoms with E-state index in [1.807, 2.05) is 0 Å². The van der Waals surface area contributed by atoms with Crippen LogP contribution in [-0.4, -0.2) is 28.2 Å². The number of ketones is 1. The van der Waals surface area contributed by atoms with Gasteiger partial charge in [-0.1, -0.05) is 27.2 Å². The molecule has 2 fully saturated rings. The van der Waals surface area contributed by atoms with Crippen molar-refractivity contribution < 1.29 is 15.0 Å². The van der Waals surface area contributed by atoms with E-state index in [1.165, 1.54) is 0 Å². The molecule has 5 unspecified atom stereocenters. The van der Waals surface area contributed by atoms with Gasteiger partial charge in [-0.15, -0.1) is 0 Å². The van der Waals surface area contributed by atoms with Crippen LogP contribution in [0.1, 0.15) is 53.4 Å². The average molecular weight is 254 g/mol. The molecule has 0 aromatic rings. The zero-order chi connectivity index (χ0) is 13.7. The van der Waals surface area contributed by atoms with Gasteiger partial charge in [-0.25, -0.2) is 0 Å². The minimum absolute atomic E-state index is 0.00567. The van der Waals surface area contributed by atoms with E-state index >= 15 is 0 Å². The first-order chi connectivity index (χ1) is 8.20. The molecule has 104 valence electrons. The molecule has 5 atom stereocenters. The molecular weight excluding hydrogens is 228 g/mol. The van der Waals surface area contributed by atoms with Gasteiger partial charge in [0.15, 0.2) is 0 Å². The molecule has 2 saturated carbocycles. The first-order valence-electron chi connectivity index (χ1n) is 7.07. The molecular formula is C15H26O3. The highest BCUT2D eigenvalue weighted by Gasteiger charge is 2.59.